The van der Waals surface area contributed by atoms with E-state index in [1.165, 1.54) is 35.6 Å². The lowest BCUT2D eigenvalue weighted by Gasteiger charge is -2.03. The number of aryl methyl sites for hydroxylation is 1. The second kappa shape index (κ2) is 7.18. The van der Waals surface area contributed by atoms with E-state index in [0.717, 1.165) is 11.3 Å². The lowest BCUT2D eigenvalue weighted by Crippen LogP contribution is -2.11. The third-order valence-corrected chi connectivity index (χ3v) is 3.96. The van der Waals surface area contributed by atoms with Gasteiger partial charge in [0.25, 0.3) is 5.91 Å². The third-order valence-electron chi connectivity index (χ3n) is 3.15. The summed E-state index contributed by atoms with van der Waals surface area (Å²) in [6.07, 6.45) is 0. The standard InChI is InChI=1S/C17H14FN3O2S/c1-11-3-2-4-14(9-11)23-10-15-20-21-17(24-15)19-16(22)12-5-7-13(18)8-6-12/h2-9H,10H2,1H3,(H,19,21,22). The molecule has 24 heavy (non-hydrogen) atoms. The van der Waals surface area contributed by atoms with Crippen molar-refractivity contribution in [2.75, 3.05) is 5.32 Å². The Hall–Kier alpha value is -2.80. The van der Waals surface area contributed by atoms with Gasteiger partial charge in [0.15, 0.2) is 5.01 Å². The van der Waals surface area contributed by atoms with Gasteiger partial charge >= 0.3 is 0 Å². The van der Waals surface area contributed by atoms with Crippen molar-refractivity contribution in [1.29, 1.82) is 0 Å². The molecule has 0 aliphatic rings. The Morgan fingerprint density at radius 3 is 2.75 bits per heavy atom. The molecule has 7 heteroatoms. The van der Waals surface area contributed by atoms with Crippen LogP contribution in [0.25, 0.3) is 0 Å². The highest BCUT2D eigenvalue weighted by molar-refractivity contribution is 7.15. The summed E-state index contributed by atoms with van der Waals surface area (Å²) in [5.74, 6) is -0.00236. The van der Waals surface area contributed by atoms with E-state index in [-0.39, 0.29) is 12.5 Å². The highest BCUT2D eigenvalue weighted by Gasteiger charge is 2.10. The molecule has 1 heterocycles. The molecule has 2 aromatic carbocycles. The highest BCUT2D eigenvalue weighted by Crippen LogP contribution is 2.19. The van der Waals surface area contributed by atoms with Crippen molar-refractivity contribution in [3.05, 3.63) is 70.5 Å². The maximum atomic E-state index is 12.9. The van der Waals surface area contributed by atoms with Gasteiger partial charge in [-0.25, -0.2) is 4.39 Å². The van der Waals surface area contributed by atoms with E-state index in [0.29, 0.717) is 15.7 Å². The molecule has 0 bridgehead atoms. The average molecular weight is 343 g/mol. The number of aromatic nitrogens is 2. The van der Waals surface area contributed by atoms with E-state index in [1.807, 2.05) is 31.2 Å². The summed E-state index contributed by atoms with van der Waals surface area (Å²) in [5.41, 5.74) is 1.46. The largest absolute Gasteiger partial charge is 0.486 e. The first-order chi connectivity index (χ1) is 11.6. The molecule has 1 amide bonds. The van der Waals surface area contributed by atoms with Crippen molar-refractivity contribution in [2.24, 2.45) is 0 Å². The van der Waals surface area contributed by atoms with E-state index in [4.69, 9.17) is 4.74 Å². The molecule has 0 spiro atoms. The number of benzene rings is 2. The number of carbonyl (C=O) groups excluding carboxylic acids is 1. The van der Waals surface area contributed by atoms with Gasteiger partial charge in [-0.2, -0.15) is 0 Å². The molecule has 0 aliphatic heterocycles. The van der Waals surface area contributed by atoms with Gasteiger partial charge in [0.05, 0.1) is 0 Å². The Kier molecular flexibility index (Phi) is 4.81. The van der Waals surface area contributed by atoms with Crippen LogP contribution in [0, 0.1) is 12.7 Å². The van der Waals surface area contributed by atoms with Gasteiger partial charge in [-0.1, -0.05) is 23.5 Å². The van der Waals surface area contributed by atoms with Crippen molar-refractivity contribution < 1.29 is 13.9 Å². The maximum absolute atomic E-state index is 12.9. The number of anilines is 1. The van der Waals surface area contributed by atoms with Gasteiger partial charge in [0.2, 0.25) is 5.13 Å². The number of nitrogens with zero attached hydrogens (tertiary/aromatic N) is 2. The van der Waals surface area contributed by atoms with Crippen LogP contribution in [-0.4, -0.2) is 16.1 Å². The Morgan fingerprint density at radius 1 is 1.21 bits per heavy atom. The molecular formula is C17H14FN3O2S. The first-order valence-electron chi connectivity index (χ1n) is 7.19. The third kappa shape index (κ3) is 4.14. The van der Waals surface area contributed by atoms with E-state index >= 15 is 0 Å². The Labute approximate surface area is 142 Å². The number of nitrogens with one attached hydrogen (secondary N) is 1. The fraction of sp³-hybridized carbons (Fsp3) is 0.118. The van der Waals surface area contributed by atoms with E-state index in [1.54, 1.807) is 0 Å². The fourth-order valence-corrected chi connectivity index (χ4v) is 2.63. The van der Waals surface area contributed by atoms with Crippen LogP contribution in [0.3, 0.4) is 0 Å². The van der Waals surface area contributed by atoms with Crippen LogP contribution in [0.15, 0.2) is 48.5 Å². The van der Waals surface area contributed by atoms with Crippen molar-refractivity contribution in [2.45, 2.75) is 13.5 Å². The number of carbonyl (C=O) groups is 1. The zero-order valence-corrected chi connectivity index (χ0v) is 13.6. The molecule has 0 unspecified atom stereocenters. The second-order valence-electron chi connectivity index (χ2n) is 5.07. The summed E-state index contributed by atoms with van der Waals surface area (Å²) in [6.45, 7) is 2.26. The van der Waals surface area contributed by atoms with Gasteiger partial charge < -0.3 is 4.74 Å². The molecule has 0 aliphatic carbocycles. The molecular weight excluding hydrogens is 329 g/mol. The summed E-state index contributed by atoms with van der Waals surface area (Å²) in [7, 11) is 0. The summed E-state index contributed by atoms with van der Waals surface area (Å²) in [5, 5.41) is 11.5. The van der Waals surface area contributed by atoms with Gasteiger partial charge in [0, 0.05) is 5.56 Å². The predicted molar refractivity (Wildman–Crippen MR) is 89.8 cm³/mol. The summed E-state index contributed by atoms with van der Waals surface area (Å²) >= 11 is 1.23. The quantitative estimate of drug-likeness (QED) is 0.765. The minimum absolute atomic E-state index is 0.271. The average Bonchev–Trinajstić information content (AvgIpc) is 3.01. The van der Waals surface area contributed by atoms with Gasteiger partial charge in [0.1, 0.15) is 18.2 Å². The van der Waals surface area contributed by atoms with Crippen molar-refractivity contribution in [3.8, 4) is 5.75 Å². The normalized spacial score (nSPS) is 10.4. The van der Waals surface area contributed by atoms with Crippen LogP contribution in [0.2, 0.25) is 0 Å². The van der Waals surface area contributed by atoms with E-state index < -0.39 is 5.82 Å². The number of amides is 1. The summed E-state index contributed by atoms with van der Waals surface area (Å²) in [4.78, 5) is 12.0. The zero-order chi connectivity index (χ0) is 16.9. The summed E-state index contributed by atoms with van der Waals surface area (Å²) in [6, 6.07) is 13.0. The maximum Gasteiger partial charge on any atom is 0.257 e. The van der Waals surface area contributed by atoms with Crippen molar-refractivity contribution in [3.63, 3.8) is 0 Å². The van der Waals surface area contributed by atoms with Crippen LogP contribution in [0.4, 0.5) is 9.52 Å². The van der Waals surface area contributed by atoms with Crippen molar-refractivity contribution >= 4 is 22.4 Å². The first kappa shape index (κ1) is 16.1. The van der Waals surface area contributed by atoms with Crippen LogP contribution in [0.5, 0.6) is 5.75 Å². The number of hydrogen-bond donors (Lipinski definition) is 1. The van der Waals surface area contributed by atoms with E-state index in [2.05, 4.69) is 15.5 Å². The first-order valence-corrected chi connectivity index (χ1v) is 8.00. The Bertz CT molecular complexity index is 849. The summed E-state index contributed by atoms with van der Waals surface area (Å²) < 4.78 is 18.5. The lowest BCUT2D eigenvalue weighted by atomic mass is 10.2. The van der Waals surface area contributed by atoms with Crippen LogP contribution >= 0.6 is 11.3 Å². The molecule has 0 radical (unpaired) electrons. The molecule has 1 aromatic heterocycles. The lowest BCUT2D eigenvalue weighted by molar-refractivity contribution is 0.102. The number of hydrogen-bond acceptors (Lipinski definition) is 5. The molecule has 0 fully saturated rings. The topological polar surface area (TPSA) is 64.1 Å². The molecule has 5 nitrogen and oxygen atoms in total. The van der Waals surface area contributed by atoms with Crippen LogP contribution in [0.1, 0.15) is 20.9 Å². The smallest absolute Gasteiger partial charge is 0.257 e. The van der Waals surface area contributed by atoms with Crippen LogP contribution < -0.4 is 10.1 Å². The second-order valence-corrected chi connectivity index (χ2v) is 6.13. The zero-order valence-electron chi connectivity index (χ0n) is 12.8. The monoisotopic (exact) mass is 343 g/mol. The SMILES string of the molecule is Cc1cccc(OCc2nnc(NC(=O)c3ccc(F)cc3)s2)c1. The molecule has 1 N–H and O–H groups in total. The van der Waals surface area contributed by atoms with Crippen molar-refractivity contribution in [1.82, 2.24) is 10.2 Å². The molecule has 3 aromatic rings. The molecule has 0 atom stereocenters. The number of halogens is 1. The number of ether oxygens (including phenoxy) is 1. The van der Waals surface area contributed by atoms with Gasteiger partial charge in [-0.05, 0) is 48.9 Å². The van der Waals surface area contributed by atoms with Crippen LogP contribution in [-0.2, 0) is 6.61 Å². The minimum atomic E-state index is -0.391. The van der Waals surface area contributed by atoms with Gasteiger partial charge in [-0.15, -0.1) is 10.2 Å². The molecule has 0 saturated carbocycles. The molecule has 122 valence electrons. The minimum Gasteiger partial charge on any atom is -0.486 e. The molecule has 0 saturated heterocycles. The van der Waals surface area contributed by atoms with Gasteiger partial charge in [-0.3, -0.25) is 10.1 Å². The Balaban J connectivity index is 1.59. The predicted octanol–water partition coefficient (Wildman–Crippen LogP) is 3.82. The number of rotatable bonds is 5. The Morgan fingerprint density at radius 2 is 2.00 bits per heavy atom. The fourth-order valence-electron chi connectivity index (χ4n) is 1.98. The molecule has 3 rings (SSSR count). The van der Waals surface area contributed by atoms with E-state index in [9.17, 15) is 9.18 Å². The highest BCUT2D eigenvalue weighted by atomic mass is 32.1.